The van der Waals surface area contributed by atoms with Gasteiger partial charge in [0.15, 0.2) is 5.56 Å². The molecule has 0 spiro atoms. The van der Waals surface area contributed by atoms with Crippen molar-refractivity contribution >= 4 is 17.0 Å². The maximum absolute atomic E-state index is 11.4. The molecule has 0 bridgehead atoms. The summed E-state index contributed by atoms with van der Waals surface area (Å²) in [7, 11) is 0. The van der Waals surface area contributed by atoms with Crippen LogP contribution < -0.4 is 11.3 Å². The second-order valence-corrected chi connectivity index (χ2v) is 3.74. The molecule has 2 N–H and O–H groups in total. The van der Waals surface area contributed by atoms with Crippen LogP contribution >= 0.6 is 11.3 Å². The van der Waals surface area contributed by atoms with Gasteiger partial charge in [0.05, 0.1) is 6.54 Å². The van der Waals surface area contributed by atoms with Crippen LogP contribution in [0.2, 0.25) is 0 Å². The number of hydrogen-bond acceptors (Lipinski definition) is 4. The monoisotopic (exact) mass is 295 g/mol. The summed E-state index contributed by atoms with van der Waals surface area (Å²) in [4.78, 5) is 15.5. The first kappa shape index (κ1) is 12.6. The molecule has 0 aliphatic rings. The molecule has 0 fully saturated rings. The average Bonchev–Trinajstić information content (AvgIpc) is 2.62. The standard InChI is InChI=1S/C9H8N3OS.Y/c10-7-1-3-12(9(13)5-7)6-8-11-2-4-14-8;/h2-5H,6,10H2;/q-1;. The number of thiazole rings is 1. The average molecular weight is 295 g/mol. The Morgan fingerprint density at radius 3 is 3.00 bits per heavy atom. The first-order chi connectivity index (χ1) is 6.75. The van der Waals surface area contributed by atoms with Gasteiger partial charge in [-0.1, -0.05) is 6.20 Å². The molecule has 2 aromatic rings. The van der Waals surface area contributed by atoms with E-state index in [9.17, 15) is 4.79 Å². The van der Waals surface area contributed by atoms with Gasteiger partial charge < -0.3 is 10.3 Å². The Labute approximate surface area is 116 Å². The molecule has 0 aliphatic carbocycles. The molecule has 15 heavy (non-hydrogen) atoms. The number of nitrogens with zero attached hydrogens (tertiary/aromatic N) is 2. The SMILES string of the molecule is Nc1[c-]cn(Cc2nccs2)c(=O)c1.[Y]. The molecule has 0 aliphatic heterocycles. The zero-order valence-electron chi connectivity index (χ0n) is 7.88. The molecule has 2 rings (SSSR count). The molecule has 4 nitrogen and oxygen atoms in total. The molecule has 0 amide bonds. The smallest absolute Gasteiger partial charge is 0.169 e. The van der Waals surface area contributed by atoms with Crippen molar-refractivity contribution in [3.63, 3.8) is 0 Å². The maximum Gasteiger partial charge on any atom is 0.169 e. The molecule has 0 atom stereocenters. The number of anilines is 1. The first-order valence-corrected chi connectivity index (χ1v) is 4.90. The van der Waals surface area contributed by atoms with E-state index in [-0.39, 0.29) is 38.3 Å². The van der Waals surface area contributed by atoms with Crippen LogP contribution in [0.1, 0.15) is 5.01 Å². The largest absolute Gasteiger partial charge is 0.431 e. The number of hydrogen-bond donors (Lipinski definition) is 1. The van der Waals surface area contributed by atoms with E-state index in [1.807, 2.05) is 5.38 Å². The van der Waals surface area contributed by atoms with E-state index in [2.05, 4.69) is 11.1 Å². The predicted octanol–water partition coefficient (Wildman–Crippen LogP) is 0.733. The molecule has 2 aromatic heterocycles. The second kappa shape index (κ2) is 5.54. The van der Waals surface area contributed by atoms with Gasteiger partial charge in [0.1, 0.15) is 5.01 Å². The van der Waals surface area contributed by atoms with Crippen LogP contribution in [0, 0.1) is 6.07 Å². The van der Waals surface area contributed by atoms with Gasteiger partial charge in [0, 0.05) is 44.3 Å². The third-order valence-corrected chi connectivity index (χ3v) is 2.50. The summed E-state index contributed by atoms with van der Waals surface area (Å²) in [6.07, 6.45) is 3.27. The van der Waals surface area contributed by atoms with Crippen molar-refractivity contribution in [2.75, 3.05) is 5.73 Å². The van der Waals surface area contributed by atoms with Crippen molar-refractivity contribution in [3.05, 3.63) is 45.3 Å². The Morgan fingerprint density at radius 2 is 2.40 bits per heavy atom. The summed E-state index contributed by atoms with van der Waals surface area (Å²) < 4.78 is 1.52. The zero-order valence-corrected chi connectivity index (χ0v) is 11.5. The minimum absolute atomic E-state index is 0. The topological polar surface area (TPSA) is 60.9 Å². The molecule has 75 valence electrons. The van der Waals surface area contributed by atoms with Crippen LogP contribution in [0.4, 0.5) is 5.69 Å². The summed E-state index contributed by atoms with van der Waals surface area (Å²) in [5.74, 6) is 0. The van der Waals surface area contributed by atoms with Gasteiger partial charge in [0.2, 0.25) is 0 Å². The quantitative estimate of drug-likeness (QED) is 0.831. The van der Waals surface area contributed by atoms with Crippen LogP contribution in [0.15, 0.2) is 28.6 Å². The van der Waals surface area contributed by atoms with Gasteiger partial charge in [-0.05, 0) is 0 Å². The van der Waals surface area contributed by atoms with Gasteiger partial charge in [0.25, 0.3) is 0 Å². The molecule has 0 saturated carbocycles. The van der Waals surface area contributed by atoms with E-state index >= 15 is 0 Å². The van der Waals surface area contributed by atoms with Crippen LogP contribution in [0.25, 0.3) is 0 Å². The van der Waals surface area contributed by atoms with E-state index in [1.165, 1.54) is 22.0 Å². The van der Waals surface area contributed by atoms with E-state index in [0.29, 0.717) is 12.2 Å². The number of nitrogen functional groups attached to an aromatic ring is 1. The molecular formula is C9H8N3OSY-. The van der Waals surface area contributed by atoms with Gasteiger partial charge in [-0.2, -0.15) is 0 Å². The van der Waals surface area contributed by atoms with Crippen molar-refractivity contribution in [2.45, 2.75) is 6.54 Å². The van der Waals surface area contributed by atoms with E-state index in [1.54, 1.807) is 12.4 Å². The summed E-state index contributed by atoms with van der Waals surface area (Å²) in [6, 6.07) is 4.13. The van der Waals surface area contributed by atoms with Crippen molar-refractivity contribution in [1.82, 2.24) is 9.55 Å². The zero-order chi connectivity index (χ0) is 9.97. The summed E-state index contributed by atoms with van der Waals surface area (Å²) in [5.41, 5.74) is 5.66. The normalized spacial score (nSPS) is 9.60. The fourth-order valence-corrected chi connectivity index (χ4v) is 1.69. The number of pyridine rings is 1. The van der Waals surface area contributed by atoms with E-state index in [0.717, 1.165) is 5.01 Å². The van der Waals surface area contributed by atoms with Crippen LogP contribution in [-0.2, 0) is 39.3 Å². The third kappa shape index (κ3) is 3.22. The second-order valence-electron chi connectivity index (χ2n) is 2.77. The minimum atomic E-state index is -0.128. The predicted molar refractivity (Wildman–Crippen MR) is 55.2 cm³/mol. The van der Waals surface area contributed by atoms with E-state index in [4.69, 9.17) is 5.73 Å². The number of nitrogens with two attached hydrogens (primary N) is 1. The van der Waals surface area contributed by atoms with Crippen molar-refractivity contribution in [2.24, 2.45) is 0 Å². The maximum atomic E-state index is 11.4. The van der Waals surface area contributed by atoms with Crippen LogP contribution in [0.5, 0.6) is 0 Å². The Morgan fingerprint density at radius 1 is 1.60 bits per heavy atom. The fourth-order valence-electron chi connectivity index (χ4n) is 1.07. The van der Waals surface area contributed by atoms with Gasteiger partial charge in [-0.15, -0.1) is 23.1 Å². The number of aromatic nitrogens is 2. The number of rotatable bonds is 2. The molecule has 0 unspecified atom stereocenters. The summed E-state index contributed by atoms with van der Waals surface area (Å²) in [6.45, 7) is 0.479. The Bertz CT molecular complexity index is 480. The van der Waals surface area contributed by atoms with Crippen LogP contribution in [-0.4, -0.2) is 9.55 Å². The van der Waals surface area contributed by atoms with Gasteiger partial charge >= 0.3 is 0 Å². The fraction of sp³-hybridized carbons (Fsp3) is 0.111. The summed E-state index contributed by atoms with van der Waals surface area (Å²) in [5, 5.41) is 2.77. The van der Waals surface area contributed by atoms with Crippen molar-refractivity contribution < 1.29 is 32.7 Å². The molecule has 0 aromatic carbocycles. The Hall–Kier alpha value is -0.516. The minimum Gasteiger partial charge on any atom is -0.431 e. The van der Waals surface area contributed by atoms with Crippen molar-refractivity contribution in [3.8, 4) is 0 Å². The van der Waals surface area contributed by atoms with Crippen molar-refractivity contribution in [1.29, 1.82) is 0 Å². The first-order valence-electron chi connectivity index (χ1n) is 4.02. The molecule has 6 heteroatoms. The van der Waals surface area contributed by atoms with Gasteiger partial charge in [-0.3, -0.25) is 4.79 Å². The van der Waals surface area contributed by atoms with Crippen LogP contribution in [0.3, 0.4) is 0 Å². The molecular weight excluding hydrogens is 287 g/mol. The molecule has 1 radical (unpaired) electrons. The summed E-state index contributed by atoms with van der Waals surface area (Å²) >= 11 is 1.51. The third-order valence-electron chi connectivity index (χ3n) is 1.74. The Kier molecular flexibility index (Phi) is 4.63. The Balaban J connectivity index is 0.00000112. The molecule has 0 saturated heterocycles. The molecule has 2 heterocycles. The van der Waals surface area contributed by atoms with E-state index < -0.39 is 0 Å². The van der Waals surface area contributed by atoms with Gasteiger partial charge in [-0.25, -0.2) is 11.1 Å².